The molecule has 2 rings (SSSR count). The van der Waals surface area contributed by atoms with Gasteiger partial charge in [0, 0.05) is 0 Å². The van der Waals surface area contributed by atoms with Crippen molar-refractivity contribution in [2.45, 2.75) is 13.8 Å². The summed E-state index contributed by atoms with van der Waals surface area (Å²) in [4.78, 5) is 4.22. The van der Waals surface area contributed by atoms with E-state index in [0.717, 1.165) is 5.52 Å². The summed E-state index contributed by atoms with van der Waals surface area (Å²) >= 11 is 7.36. The Morgan fingerprint density at radius 2 is 2.08 bits per heavy atom. The topological polar surface area (TPSA) is 12.9 Å². The Labute approximate surface area is 80.0 Å². The first-order chi connectivity index (χ1) is 5.66. The highest BCUT2D eigenvalue weighted by atomic mass is 35.5. The summed E-state index contributed by atoms with van der Waals surface area (Å²) in [7, 11) is 0. The molecule has 1 aromatic carbocycles. The van der Waals surface area contributed by atoms with Gasteiger partial charge in [0.1, 0.15) is 0 Å². The summed E-state index contributed by atoms with van der Waals surface area (Å²) in [5, 5.41) is 0. The molecular formula is C9H8ClNS. The molecule has 2 aromatic rings. The maximum Gasteiger partial charge on any atom is 0.184 e. The van der Waals surface area contributed by atoms with Crippen LogP contribution in [0.25, 0.3) is 10.2 Å². The van der Waals surface area contributed by atoms with E-state index in [1.54, 1.807) is 11.3 Å². The van der Waals surface area contributed by atoms with Gasteiger partial charge < -0.3 is 0 Å². The van der Waals surface area contributed by atoms with E-state index in [0.29, 0.717) is 4.47 Å². The van der Waals surface area contributed by atoms with Crippen molar-refractivity contribution in [2.24, 2.45) is 0 Å². The predicted octanol–water partition coefficient (Wildman–Crippen LogP) is 3.57. The molecule has 0 radical (unpaired) electrons. The molecule has 0 fully saturated rings. The van der Waals surface area contributed by atoms with Crippen LogP contribution in [0.2, 0.25) is 4.47 Å². The van der Waals surface area contributed by atoms with Gasteiger partial charge in [-0.25, -0.2) is 4.98 Å². The van der Waals surface area contributed by atoms with Crippen LogP contribution in [-0.4, -0.2) is 4.98 Å². The third-order valence-corrected chi connectivity index (χ3v) is 3.10. The minimum Gasteiger partial charge on any atom is -0.225 e. The van der Waals surface area contributed by atoms with Gasteiger partial charge in [-0.05, 0) is 31.0 Å². The molecule has 0 aliphatic heterocycles. The highest BCUT2D eigenvalue weighted by Crippen LogP contribution is 2.29. The van der Waals surface area contributed by atoms with Crippen LogP contribution < -0.4 is 0 Å². The SMILES string of the molecule is Cc1cc(C)c2sc(Cl)nc2c1. The third-order valence-electron chi connectivity index (χ3n) is 1.79. The van der Waals surface area contributed by atoms with E-state index in [2.05, 4.69) is 31.0 Å². The van der Waals surface area contributed by atoms with Crippen molar-refractivity contribution in [3.63, 3.8) is 0 Å². The lowest BCUT2D eigenvalue weighted by atomic mass is 10.1. The van der Waals surface area contributed by atoms with Crippen LogP contribution in [0.3, 0.4) is 0 Å². The molecule has 1 aromatic heterocycles. The minimum absolute atomic E-state index is 0.624. The van der Waals surface area contributed by atoms with Gasteiger partial charge >= 0.3 is 0 Å². The molecular weight excluding hydrogens is 190 g/mol. The third kappa shape index (κ3) is 1.21. The zero-order chi connectivity index (χ0) is 8.72. The van der Waals surface area contributed by atoms with Gasteiger partial charge in [-0.3, -0.25) is 0 Å². The Morgan fingerprint density at radius 1 is 1.33 bits per heavy atom. The van der Waals surface area contributed by atoms with Gasteiger partial charge in [0.2, 0.25) is 0 Å². The second-order valence-electron chi connectivity index (χ2n) is 2.90. The van der Waals surface area contributed by atoms with Crippen molar-refractivity contribution in [3.8, 4) is 0 Å². The molecule has 0 atom stereocenters. The molecule has 0 saturated heterocycles. The van der Waals surface area contributed by atoms with E-state index < -0.39 is 0 Å². The van der Waals surface area contributed by atoms with Crippen molar-refractivity contribution < 1.29 is 0 Å². The van der Waals surface area contributed by atoms with E-state index in [1.165, 1.54) is 15.8 Å². The van der Waals surface area contributed by atoms with Gasteiger partial charge in [-0.15, -0.1) is 11.3 Å². The fourth-order valence-corrected chi connectivity index (χ4v) is 2.41. The highest BCUT2D eigenvalue weighted by molar-refractivity contribution is 7.22. The Hall–Kier alpha value is -0.600. The molecule has 62 valence electrons. The number of rotatable bonds is 0. The first kappa shape index (κ1) is 8.02. The number of benzene rings is 1. The van der Waals surface area contributed by atoms with E-state index in [1.807, 2.05) is 0 Å². The van der Waals surface area contributed by atoms with Crippen LogP contribution in [0.15, 0.2) is 12.1 Å². The first-order valence-corrected chi connectivity index (χ1v) is 4.89. The van der Waals surface area contributed by atoms with E-state index in [-0.39, 0.29) is 0 Å². The second kappa shape index (κ2) is 2.71. The molecule has 0 spiro atoms. The van der Waals surface area contributed by atoms with Gasteiger partial charge in [-0.2, -0.15) is 0 Å². The van der Waals surface area contributed by atoms with Gasteiger partial charge in [0.25, 0.3) is 0 Å². The number of fused-ring (bicyclic) bond motifs is 1. The first-order valence-electron chi connectivity index (χ1n) is 3.70. The maximum absolute atomic E-state index is 5.81. The molecule has 0 unspecified atom stereocenters. The summed E-state index contributed by atoms with van der Waals surface area (Å²) in [6, 6.07) is 4.21. The molecule has 1 heterocycles. The smallest absolute Gasteiger partial charge is 0.184 e. The molecule has 0 bridgehead atoms. The molecule has 3 heteroatoms. The number of halogens is 1. The van der Waals surface area contributed by atoms with Crippen LogP contribution >= 0.6 is 22.9 Å². The number of hydrogen-bond acceptors (Lipinski definition) is 2. The number of hydrogen-bond donors (Lipinski definition) is 0. The molecule has 1 nitrogen and oxygen atoms in total. The number of aryl methyl sites for hydroxylation is 2. The number of nitrogens with zero attached hydrogens (tertiary/aromatic N) is 1. The van der Waals surface area contributed by atoms with Crippen molar-refractivity contribution in [2.75, 3.05) is 0 Å². The lowest BCUT2D eigenvalue weighted by molar-refractivity contribution is 1.41. The maximum atomic E-state index is 5.81. The van der Waals surface area contributed by atoms with Gasteiger partial charge in [0.15, 0.2) is 4.47 Å². The lowest BCUT2D eigenvalue weighted by Crippen LogP contribution is -1.77. The Kier molecular flexibility index (Phi) is 1.81. The molecule has 0 saturated carbocycles. The monoisotopic (exact) mass is 197 g/mol. The van der Waals surface area contributed by atoms with Gasteiger partial charge in [-0.1, -0.05) is 17.7 Å². The van der Waals surface area contributed by atoms with Crippen LogP contribution in [-0.2, 0) is 0 Å². The van der Waals surface area contributed by atoms with E-state index >= 15 is 0 Å². The zero-order valence-electron chi connectivity index (χ0n) is 6.89. The van der Waals surface area contributed by atoms with Crippen LogP contribution in [0.4, 0.5) is 0 Å². The number of thiazole rings is 1. The predicted molar refractivity (Wildman–Crippen MR) is 54.1 cm³/mol. The fourth-order valence-electron chi connectivity index (χ4n) is 1.35. The normalized spacial score (nSPS) is 10.9. The van der Waals surface area contributed by atoms with Crippen LogP contribution in [0, 0.1) is 13.8 Å². The van der Waals surface area contributed by atoms with Crippen LogP contribution in [0.1, 0.15) is 11.1 Å². The van der Waals surface area contributed by atoms with Crippen molar-refractivity contribution >= 4 is 33.2 Å². The summed E-state index contributed by atoms with van der Waals surface area (Å²) in [6.07, 6.45) is 0. The molecule has 0 amide bonds. The Morgan fingerprint density at radius 3 is 2.83 bits per heavy atom. The van der Waals surface area contributed by atoms with Gasteiger partial charge in [0.05, 0.1) is 10.2 Å². The molecule has 0 N–H and O–H groups in total. The summed E-state index contributed by atoms with van der Waals surface area (Å²) in [5.41, 5.74) is 3.51. The average molecular weight is 198 g/mol. The summed E-state index contributed by atoms with van der Waals surface area (Å²) < 4.78 is 1.82. The highest BCUT2D eigenvalue weighted by Gasteiger charge is 2.04. The average Bonchev–Trinajstić information content (AvgIpc) is 2.29. The fraction of sp³-hybridized carbons (Fsp3) is 0.222. The standard InChI is InChI=1S/C9H8ClNS/c1-5-3-6(2)8-7(4-5)11-9(10)12-8/h3-4H,1-2H3. The van der Waals surface area contributed by atoms with Crippen molar-refractivity contribution in [3.05, 3.63) is 27.7 Å². The Balaban J connectivity index is 2.88. The Bertz CT molecular complexity index is 433. The second-order valence-corrected chi connectivity index (χ2v) is 4.48. The van der Waals surface area contributed by atoms with Crippen molar-refractivity contribution in [1.29, 1.82) is 0 Å². The molecule has 0 aliphatic rings. The summed E-state index contributed by atoms with van der Waals surface area (Å²) in [5.74, 6) is 0. The van der Waals surface area contributed by atoms with Crippen LogP contribution in [0.5, 0.6) is 0 Å². The minimum atomic E-state index is 0.624. The quantitative estimate of drug-likeness (QED) is 0.629. The van der Waals surface area contributed by atoms with E-state index in [4.69, 9.17) is 11.6 Å². The lowest BCUT2D eigenvalue weighted by Gasteiger charge is -1.95. The zero-order valence-corrected chi connectivity index (χ0v) is 8.46. The van der Waals surface area contributed by atoms with Crippen molar-refractivity contribution in [1.82, 2.24) is 4.98 Å². The largest absolute Gasteiger partial charge is 0.225 e. The number of aromatic nitrogens is 1. The molecule has 0 aliphatic carbocycles. The van der Waals surface area contributed by atoms with E-state index in [9.17, 15) is 0 Å². The summed E-state index contributed by atoms with van der Waals surface area (Å²) in [6.45, 7) is 4.16. The molecule has 12 heavy (non-hydrogen) atoms.